The molecule has 0 saturated heterocycles. The maximum Gasteiger partial charge on any atom is 0.107 e. The molecule has 0 saturated carbocycles. The van der Waals surface area contributed by atoms with Crippen LogP contribution in [0.1, 0.15) is 17.1 Å². The molecule has 0 amide bonds. The normalized spacial score (nSPS) is 11.3. The van der Waals surface area contributed by atoms with E-state index in [1.54, 1.807) is 0 Å². The number of aryl methyl sites for hydroxylation is 2. The molecular weight excluding hydrogens is 238 g/mol. The first-order valence-electron chi connectivity index (χ1n) is 6.26. The topological polar surface area (TPSA) is 61.7 Å². The largest absolute Gasteiger partial charge is 0.399 e. The smallest absolute Gasteiger partial charge is 0.107 e. The minimum absolute atomic E-state index is 0.745. The van der Waals surface area contributed by atoms with Crippen LogP contribution in [0.15, 0.2) is 24.4 Å². The van der Waals surface area contributed by atoms with E-state index in [4.69, 9.17) is 5.73 Å². The third kappa shape index (κ3) is 1.87. The second kappa shape index (κ2) is 4.12. The third-order valence-electron chi connectivity index (χ3n) is 3.63. The van der Waals surface area contributed by atoms with Crippen LogP contribution < -0.4 is 5.73 Å². The summed E-state index contributed by atoms with van der Waals surface area (Å²) in [4.78, 5) is 4.56. The first kappa shape index (κ1) is 11.8. The average molecular weight is 255 g/mol. The quantitative estimate of drug-likeness (QED) is 0.713. The number of hydrogen-bond donors (Lipinski definition) is 1. The van der Waals surface area contributed by atoms with Crippen LogP contribution in [0.5, 0.6) is 0 Å². The van der Waals surface area contributed by atoms with Crippen molar-refractivity contribution >= 4 is 16.7 Å². The summed E-state index contributed by atoms with van der Waals surface area (Å²) in [5.74, 6) is 0.990. The lowest BCUT2D eigenvalue weighted by Gasteiger charge is -2.06. The lowest BCUT2D eigenvalue weighted by atomic mass is 10.2. The fraction of sp³-hybridized carbons (Fsp3) is 0.286. The van der Waals surface area contributed by atoms with Gasteiger partial charge in [0.15, 0.2) is 0 Å². The Morgan fingerprint density at radius 1 is 1.26 bits per heavy atom. The van der Waals surface area contributed by atoms with Gasteiger partial charge in [0, 0.05) is 24.0 Å². The minimum Gasteiger partial charge on any atom is -0.399 e. The van der Waals surface area contributed by atoms with Crippen molar-refractivity contribution in [3.05, 3.63) is 41.5 Å². The number of anilines is 1. The van der Waals surface area contributed by atoms with E-state index < -0.39 is 0 Å². The molecular formula is C14H17N5. The third-order valence-corrected chi connectivity index (χ3v) is 3.63. The van der Waals surface area contributed by atoms with E-state index in [9.17, 15) is 0 Å². The molecule has 0 atom stereocenters. The van der Waals surface area contributed by atoms with Crippen LogP contribution in [-0.4, -0.2) is 19.3 Å². The van der Waals surface area contributed by atoms with Crippen molar-refractivity contribution in [2.75, 3.05) is 5.73 Å². The van der Waals surface area contributed by atoms with Crippen LogP contribution in [0.25, 0.3) is 11.0 Å². The van der Waals surface area contributed by atoms with Gasteiger partial charge in [0.25, 0.3) is 0 Å². The van der Waals surface area contributed by atoms with Crippen molar-refractivity contribution in [1.82, 2.24) is 19.3 Å². The van der Waals surface area contributed by atoms with Crippen LogP contribution in [-0.2, 0) is 13.6 Å². The molecule has 0 spiro atoms. The van der Waals surface area contributed by atoms with Gasteiger partial charge in [-0.1, -0.05) is 0 Å². The first-order valence-corrected chi connectivity index (χ1v) is 6.26. The van der Waals surface area contributed by atoms with Crippen molar-refractivity contribution in [1.29, 1.82) is 0 Å². The highest BCUT2D eigenvalue weighted by Crippen LogP contribution is 2.20. The van der Waals surface area contributed by atoms with E-state index in [0.29, 0.717) is 0 Å². The van der Waals surface area contributed by atoms with E-state index in [-0.39, 0.29) is 0 Å². The molecule has 0 aliphatic rings. The van der Waals surface area contributed by atoms with Gasteiger partial charge in [-0.15, -0.1) is 0 Å². The monoisotopic (exact) mass is 255 g/mol. The molecule has 3 rings (SSSR count). The molecule has 19 heavy (non-hydrogen) atoms. The summed E-state index contributed by atoms with van der Waals surface area (Å²) in [6.07, 6.45) is 1.91. The van der Waals surface area contributed by atoms with Crippen LogP contribution in [0, 0.1) is 13.8 Å². The summed E-state index contributed by atoms with van der Waals surface area (Å²) in [6.45, 7) is 4.88. The molecule has 5 heteroatoms. The van der Waals surface area contributed by atoms with E-state index in [2.05, 4.69) is 21.6 Å². The predicted molar refractivity (Wildman–Crippen MR) is 75.9 cm³/mol. The predicted octanol–water partition coefficient (Wildman–Crippen LogP) is 2.02. The fourth-order valence-corrected chi connectivity index (χ4v) is 2.34. The summed E-state index contributed by atoms with van der Waals surface area (Å²) in [6, 6.07) is 5.85. The number of imidazole rings is 1. The second-order valence-corrected chi connectivity index (χ2v) is 4.87. The highest BCUT2D eigenvalue weighted by molar-refractivity contribution is 5.79. The van der Waals surface area contributed by atoms with Crippen LogP contribution in [0.4, 0.5) is 5.69 Å². The lowest BCUT2D eigenvalue weighted by Crippen LogP contribution is -2.03. The Morgan fingerprint density at radius 2 is 2.05 bits per heavy atom. The standard InChI is InChI=1S/C14H17N5/c1-9-11(7-16-18(9)3)8-19-10(2)17-13-6-12(15)4-5-14(13)19/h4-7H,8,15H2,1-3H3. The zero-order valence-electron chi connectivity index (χ0n) is 11.4. The molecule has 0 unspecified atom stereocenters. The summed E-state index contributed by atoms with van der Waals surface area (Å²) in [5, 5.41) is 4.28. The number of rotatable bonds is 2. The minimum atomic E-state index is 0.745. The highest BCUT2D eigenvalue weighted by Gasteiger charge is 2.11. The fourth-order valence-electron chi connectivity index (χ4n) is 2.34. The van der Waals surface area contributed by atoms with Crippen LogP contribution in [0.2, 0.25) is 0 Å². The van der Waals surface area contributed by atoms with Crippen molar-refractivity contribution in [2.24, 2.45) is 7.05 Å². The molecule has 0 bridgehead atoms. The number of benzene rings is 1. The Kier molecular flexibility index (Phi) is 2.55. The molecule has 2 N–H and O–H groups in total. The van der Waals surface area contributed by atoms with Gasteiger partial charge in [-0.25, -0.2) is 4.98 Å². The number of nitrogen functional groups attached to an aromatic ring is 1. The molecule has 98 valence electrons. The van der Waals surface area contributed by atoms with Crippen molar-refractivity contribution in [3.8, 4) is 0 Å². The first-order chi connectivity index (χ1) is 9.06. The Hall–Kier alpha value is -2.30. The van der Waals surface area contributed by atoms with E-state index in [0.717, 1.165) is 29.1 Å². The van der Waals surface area contributed by atoms with Crippen molar-refractivity contribution < 1.29 is 0 Å². The SMILES string of the molecule is Cc1c(Cn2c(C)nc3cc(N)ccc32)cnn1C. The maximum atomic E-state index is 5.80. The van der Waals surface area contributed by atoms with Gasteiger partial charge >= 0.3 is 0 Å². The molecule has 0 aliphatic heterocycles. The molecule has 3 aromatic rings. The second-order valence-electron chi connectivity index (χ2n) is 4.87. The Morgan fingerprint density at radius 3 is 2.74 bits per heavy atom. The van der Waals surface area contributed by atoms with Gasteiger partial charge < -0.3 is 10.3 Å². The van der Waals surface area contributed by atoms with Crippen LogP contribution >= 0.6 is 0 Å². The zero-order valence-corrected chi connectivity index (χ0v) is 11.4. The zero-order chi connectivity index (χ0) is 13.6. The van der Waals surface area contributed by atoms with Gasteiger partial charge in [-0.3, -0.25) is 4.68 Å². The van der Waals surface area contributed by atoms with Gasteiger partial charge in [0.2, 0.25) is 0 Å². The summed E-state index contributed by atoms with van der Waals surface area (Å²) in [5.41, 5.74) is 11.0. The average Bonchev–Trinajstić information content (AvgIpc) is 2.84. The molecule has 1 aromatic carbocycles. The van der Waals surface area contributed by atoms with E-state index in [1.165, 1.54) is 11.3 Å². The molecule has 5 nitrogen and oxygen atoms in total. The molecule has 2 aromatic heterocycles. The van der Waals surface area contributed by atoms with Crippen molar-refractivity contribution in [3.63, 3.8) is 0 Å². The molecule has 0 aliphatic carbocycles. The number of fused-ring (bicyclic) bond motifs is 1. The Labute approximate surface area is 111 Å². The number of hydrogen-bond acceptors (Lipinski definition) is 3. The number of aromatic nitrogens is 4. The highest BCUT2D eigenvalue weighted by atomic mass is 15.3. The summed E-state index contributed by atoms with van der Waals surface area (Å²) < 4.78 is 4.08. The summed E-state index contributed by atoms with van der Waals surface area (Å²) >= 11 is 0. The van der Waals surface area contributed by atoms with Gasteiger partial charge in [0.05, 0.1) is 23.8 Å². The Balaban J connectivity index is 2.10. The van der Waals surface area contributed by atoms with Gasteiger partial charge in [-0.05, 0) is 32.0 Å². The maximum absolute atomic E-state index is 5.80. The number of nitrogens with zero attached hydrogens (tertiary/aromatic N) is 4. The van der Waals surface area contributed by atoms with Gasteiger partial charge in [0.1, 0.15) is 5.82 Å². The lowest BCUT2D eigenvalue weighted by molar-refractivity contribution is 0.730. The molecule has 0 radical (unpaired) electrons. The van der Waals surface area contributed by atoms with E-state index in [1.807, 2.05) is 43.0 Å². The molecule has 0 fully saturated rings. The van der Waals surface area contributed by atoms with E-state index >= 15 is 0 Å². The summed E-state index contributed by atoms with van der Waals surface area (Å²) in [7, 11) is 1.96. The number of nitrogens with two attached hydrogens (primary N) is 1. The van der Waals surface area contributed by atoms with Crippen molar-refractivity contribution in [2.45, 2.75) is 20.4 Å². The Bertz CT molecular complexity index is 751. The van der Waals surface area contributed by atoms with Crippen LogP contribution in [0.3, 0.4) is 0 Å². The van der Waals surface area contributed by atoms with Gasteiger partial charge in [-0.2, -0.15) is 5.10 Å². The molecule has 2 heterocycles.